The van der Waals surface area contributed by atoms with Crippen molar-refractivity contribution in [3.8, 4) is 0 Å². The van der Waals surface area contributed by atoms with E-state index in [4.69, 9.17) is 0 Å². The molecule has 6 heteroatoms. The monoisotopic (exact) mass is 251 g/mol. The van der Waals surface area contributed by atoms with E-state index < -0.39 is 5.97 Å². The average Bonchev–Trinajstić information content (AvgIpc) is 2.41. The maximum absolute atomic E-state index is 11.2. The van der Waals surface area contributed by atoms with Gasteiger partial charge in [0.25, 0.3) is 0 Å². The van der Waals surface area contributed by atoms with Gasteiger partial charge in [-0.25, -0.2) is 4.79 Å². The highest BCUT2D eigenvalue weighted by atomic mass is 16.5. The van der Waals surface area contributed by atoms with Crippen molar-refractivity contribution in [2.75, 3.05) is 12.4 Å². The first-order chi connectivity index (χ1) is 8.70. The molecule has 98 valence electrons. The standard InChI is InChI=1S/C12H17N3O3/c1-18-12(17)9-6-7-11(15-14-9)13-8-4-2-3-5-10(8)16/h6-8,10,16H,2-5H2,1H3,(H,13,15). The van der Waals surface area contributed by atoms with E-state index in [0.717, 1.165) is 25.7 Å². The molecular weight excluding hydrogens is 234 g/mol. The lowest BCUT2D eigenvalue weighted by atomic mass is 9.93. The summed E-state index contributed by atoms with van der Waals surface area (Å²) in [6.45, 7) is 0. The second kappa shape index (κ2) is 5.77. The first-order valence-corrected chi connectivity index (χ1v) is 6.07. The number of nitrogens with one attached hydrogen (secondary N) is 1. The lowest BCUT2D eigenvalue weighted by Gasteiger charge is -2.28. The smallest absolute Gasteiger partial charge is 0.358 e. The molecule has 18 heavy (non-hydrogen) atoms. The summed E-state index contributed by atoms with van der Waals surface area (Å²) < 4.78 is 4.54. The van der Waals surface area contributed by atoms with Crippen molar-refractivity contribution in [2.45, 2.75) is 37.8 Å². The lowest BCUT2D eigenvalue weighted by molar-refractivity contribution is 0.0592. The summed E-state index contributed by atoms with van der Waals surface area (Å²) >= 11 is 0. The normalized spacial score (nSPS) is 23.4. The minimum absolute atomic E-state index is 0.0111. The number of esters is 1. The molecular formula is C12H17N3O3. The van der Waals surface area contributed by atoms with Crippen LogP contribution < -0.4 is 5.32 Å². The number of aliphatic hydroxyl groups is 1. The third-order valence-corrected chi connectivity index (χ3v) is 3.12. The zero-order valence-corrected chi connectivity index (χ0v) is 10.3. The van der Waals surface area contributed by atoms with E-state index >= 15 is 0 Å². The van der Waals surface area contributed by atoms with Crippen molar-refractivity contribution < 1.29 is 14.6 Å². The molecule has 0 aliphatic heterocycles. The van der Waals surface area contributed by atoms with Crippen LogP contribution >= 0.6 is 0 Å². The number of carbonyl (C=O) groups excluding carboxylic acids is 1. The van der Waals surface area contributed by atoms with Crippen molar-refractivity contribution >= 4 is 11.8 Å². The van der Waals surface area contributed by atoms with Gasteiger partial charge in [0.2, 0.25) is 0 Å². The molecule has 1 heterocycles. The second-order valence-electron chi connectivity index (χ2n) is 4.40. The van der Waals surface area contributed by atoms with Gasteiger partial charge in [-0.05, 0) is 25.0 Å². The van der Waals surface area contributed by atoms with E-state index in [-0.39, 0.29) is 17.8 Å². The van der Waals surface area contributed by atoms with Crippen LogP contribution in [0, 0.1) is 0 Å². The zero-order chi connectivity index (χ0) is 13.0. The summed E-state index contributed by atoms with van der Waals surface area (Å²) in [6.07, 6.45) is 3.54. The molecule has 1 aromatic rings. The number of nitrogens with zero attached hydrogens (tertiary/aromatic N) is 2. The Labute approximate surface area is 105 Å². The van der Waals surface area contributed by atoms with Crippen molar-refractivity contribution in [3.63, 3.8) is 0 Å². The first kappa shape index (κ1) is 12.8. The quantitative estimate of drug-likeness (QED) is 0.779. The van der Waals surface area contributed by atoms with Crippen LogP contribution in [0.4, 0.5) is 5.82 Å². The van der Waals surface area contributed by atoms with Gasteiger partial charge in [-0.2, -0.15) is 0 Å². The fraction of sp³-hybridized carbons (Fsp3) is 0.583. The summed E-state index contributed by atoms with van der Waals surface area (Å²) in [5, 5.41) is 20.6. The van der Waals surface area contributed by atoms with Gasteiger partial charge in [-0.1, -0.05) is 12.8 Å². The Morgan fingerprint density at radius 3 is 2.78 bits per heavy atom. The number of carbonyl (C=O) groups is 1. The molecule has 2 rings (SSSR count). The summed E-state index contributed by atoms with van der Waals surface area (Å²) in [5.74, 6) is 0.0559. The topological polar surface area (TPSA) is 84.3 Å². The molecule has 1 aliphatic rings. The lowest BCUT2D eigenvalue weighted by Crippen LogP contribution is -2.36. The molecule has 0 amide bonds. The molecule has 1 aromatic heterocycles. The number of methoxy groups -OCH3 is 1. The molecule has 1 aliphatic carbocycles. The third kappa shape index (κ3) is 2.95. The minimum atomic E-state index is -0.508. The molecule has 0 spiro atoms. The van der Waals surface area contributed by atoms with Gasteiger partial charge in [-0.15, -0.1) is 10.2 Å². The largest absolute Gasteiger partial charge is 0.464 e. The predicted octanol–water partition coefficient (Wildman–Crippen LogP) is 0.979. The van der Waals surface area contributed by atoms with Crippen molar-refractivity contribution in [1.29, 1.82) is 0 Å². The summed E-state index contributed by atoms with van der Waals surface area (Å²) in [5.41, 5.74) is 0.173. The number of aliphatic hydroxyl groups excluding tert-OH is 1. The van der Waals surface area contributed by atoms with Crippen LogP contribution in [-0.4, -0.2) is 40.5 Å². The van der Waals surface area contributed by atoms with E-state index in [1.807, 2.05) is 0 Å². The molecule has 1 saturated carbocycles. The Morgan fingerprint density at radius 1 is 1.39 bits per heavy atom. The maximum Gasteiger partial charge on any atom is 0.358 e. The first-order valence-electron chi connectivity index (χ1n) is 6.07. The molecule has 1 fully saturated rings. The highest BCUT2D eigenvalue weighted by Crippen LogP contribution is 2.21. The van der Waals surface area contributed by atoms with Gasteiger partial charge < -0.3 is 15.2 Å². The van der Waals surface area contributed by atoms with Crippen molar-refractivity contribution in [2.24, 2.45) is 0 Å². The summed E-state index contributed by atoms with van der Waals surface area (Å²) in [6, 6.07) is 3.23. The number of aromatic nitrogens is 2. The fourth-order valence-corrected chi connectivity index (χ4v) is 2.09. The van der Waals surface area contributed by atoms with E-state index in [1.54, 1.807) is 12.1 Å². The van der Waals surface area contributed by atoms with Gasteiger partial charge in [-0.3, -0.25) is 0 Å². The zero-order valence-electron chi connectivity index (χ0n) is 10.3. The second-order valence-corrected chi connectivity index (χ2v) is 4.40. The number of hydrogen-bond acceptors (Lipinski definition) is 6. The molecule has 2 atom stereocenters. The Balaban J connectivity index is 1.99. The van der Waals surface area contributed by atoms with Gasteiger partial charge in [0.1, 0.15) is 5.82 Å². The Bertz CT molecular complexity index is 408. The van der Waals surface area contributed by atoms with Crippen LogP contribution in [0.2, 0.25) is 0 Å². The molecule has 2 N–H and O–H groups in total. The Hall–Kier alpha value is -1.69. The highest BCUT2D eigenvalue weighted by Gasteiger charge is 2.23. The van der Waals surface area contributed by atoms with E-state index in [9.17, 15) is 9.90 Å². The molecule has 0 radical (unpaired) electrons. The van der Waals surface area contributed by atoms with E-state index in [1.165, 1.54) is 7.11 Å². The summed E-state index contributed by atoms with van der Waals surface area (Å²) in [4.78, 5) is 11.2. The van der Waals surface area contributed by atoms with E-state index in [0.29, 0.717) is 5.82 Å². The molecule has 0 bridgehead atoms. The summed E-state index contributed by atoms with van der Waals surface area (Å²) in [7, 11) is 1.30. The molecule has 2 unspecified atom stereocenters. The van der Waals surface area contributed by atoms with Gasteiger partial charge in [0, 0.05) is 0 Å². The highest BCUT2D eigenvalue weighted by molar-refractivity contribution is 5.86. The maximum atomic E-state index is 11.2. The third-order valence-electron chi connectivity index (χ3n) is 3.12. The van der Waals surface area contributed by atoms with E-state index in [2.05, 4.69) is 20.3 Å². The van der Waals surface area contributed by atoms with Crippen LogP contribution in [0.3, 0.4) is 0 Å². The van der Waals surface area contributed by atoms with Crippen LogP contribution in [0.15, 0.2) is 12.1 Å². The molecule has 6 nitrogen and oxygen atoms in total. The average molecular weight is 251 g/mol. The Morgan fingerprint density at radius 2 is 2.17 bits per heavy atom. The Kier molecular flexibility index (Phi) is 4.09. The van der Waals surface area contributed by atoms with Crippen LogP contribution in [0.25, 0.3) is 0 Å². The number of ether oxygens (including phenoxy) is 1. The van der Waals surface area contributed by atoms with Crippen molar-refractivity contribution in [1.82, 2.24) is 10.2 Å². The van der Waals surface area contributed by atoms with Gasteiger partial charge in [0.05, 0.1) is 19.3 Å². The van der Waals surface area contributed by atoms with Gasteiger partial charge in [0.15, 0.2) is 5.69 Å². The number of rotatable bonds is 3. The van der Waals surface area contributed by atoms with Crippen LogP contribution in [0.1, 0.15) is 36.2 Å². The fourth-order valence-electron chi connectivity index (χ4n) is 2.09. The number of anilines is 1. The van der Waals surface area contributed by atoms with Crippen LogP contribution in [0.5, 0.6) is 0 Å². The molecule has 0 saturated heterocycles. The molecule has 0 aromatic carbocycles. The predicted molar refractivity (Wildman–Crippen MR) is 65.3 cm³/mol. The van der Waals surface area contributed by atoms with Crippen molar-refractivity contribution in [3.05, 3.63) is 17.8 Å². The van der Waals surface area contributed by atoms with Crippen LogP contribution in [-0.2, 0) is 4.74 Å². The number of hydrogen-bond donors (Lipinski definition) is 2. The SMILES string of the molecule is COC(=O)c1ccc(NC2CCCCC2O)nn1. The minimum Gasteiger partial charge on any atom is -0.464 e. The van der Waals surface area contributed by atoms with Gasteiger partial charge >= 0.3 is 5.97 Å².